The van der Waals surface area contributed by atoms with Gasteiger partial charge in [0, 0.05) is 16.2 Å². The van der Waals surface area contributed by atoms with Crippen LogP contribution in [0, 0.1) is 0 Å². The van der Waals surface area contributed by atoms with Crippen LogP contribution in [-0.4, -0.2) is 0 Å². The number of hydrogen-bond acceptors (Lipinski definition) is 1. The van der Waals surface area contributed by atoms with Crippen molar-refractivity contribution in [2.24, 2.45) is 0 Å². The summed E-state index contributed by atoms with van der Waals surface area (Å²) in [6.07, 6.45) is 0. The van der Waals surface area contributed by atoms with Crippen LogP contribution in [0.25, 0.3) is 98.8 Å². The number of hydrogen-bond donors (Lipinski definition) is 0. The minimum Gasteiger partial charge on any atom is -0.455 e. The van der Waals surface area contributed by atoms with Crippen LogP contribution in [0.1, 0.15) is 11.0 Å². The number of benzene rings is 9. The predicted octanol–water partition coefficient (Wildman–Crippen LogP) is 13.7. The molecule has 1 nitrogen and oxygen atoms in total. The lowest BCUT2D eigenvalue weighted by atomic mass is 9.83. The molecule has 0 atom stereocenters. The van der Waals surface area contributed by atoms with E-state index in [4.69, 9.17) is 9.90 Å². The van der Waals surface area contributed by atoms with Gasteiger partial charge in [0.1, 0.15) is 11.2 Å². The Balaban J connectivity index is 1.29. The molecule has 0 fully saturated rings. The van der Waals surface area contributed by atoms with E-state index < -0.39 is 30.2 Å². The Bertz CT molecular complexity index is 3250. The van der Waals surface area contributed by atoms with E-state index in [-0.39, 0.29) is 40.4 Å². The van der Waals surface area contributed by atoms with Crippen LogP contribution in [-0.2, 0) is 0 Å². The Kier molecular flexibility index (Phi) is 4.69. The van der Waals surface area contributed by atoms with Gasteiger partial charge in [-0.2, -0.15) is 0 Å². The van der Waals surface area contributed by atoms with Gasteiger partial charge in [-0.1, -0.05) is 164 Å². The summed E-state index contributed by atoms with van der Waals surface area (Å²) in [7, 11) is 0. The summed E-state index contributed by atoms with van der Waals surface area (Å²) in [6.45, 7) is 0. The van der Waals surface area contributed by atoms with E-state index >= 15 is 0 Å². The first kappa shape index (κ1) is 20.7. The lowest BCUT2D eigenvalue weighted by Gasteiger charge is -2.19. The molecule has 228 valence electrons. The van der Waals surface area contributed by atoms with Gasteiger partial charge in [-0.3, -0.25) is 0 Å². The summed E-state index contributed by atoms with van der Waals surface area (Å²) >= 11 is 0. The quantitative estimate of drug-likeness (QED) is 0.176. The standard InChI is InChI=1S/C48H30O/c1-2-12-31(13-3-1)32-22-24-34(25-23-32)36-15-6-7-17-39(36)47-42-20-10-8-18-40(42)46(41-19-9-11-21-43(41)47)35-27-28-38-44-29-26-33-14-4-5-16-37(33)48(44)49-45(38)30-35/h1-30H/i6D,7D,15D,17D,22D,23D,24D,25D. The molecule has 0 saturated heterocycles. The molecule has 10 aromatic rings. The first-order valence-electron chi connectivity index (χ1n) is 20.2. The molecule has 9 aromatic carbocycles. The fraction of sp³-hybridized carbons (Fsp3) is 0. The van der Waals surface area contributed by atoms with Crippen LogP contribution in [0.15, 0.2) is 186 Å². The minimum absolute atomic E-state index is 0.0865. The lowest BCUT2D eigenvalue weighted by Crippen LogP contribution is -1.92. The van der Waals surface area contributed by atoms with Crippen molar-refractivity contribution in [3.05, 3.63) is 182 Å². The molecule has 0 aliphatic rings. The van der Waals surface area contributed by atoms with E-state index in [1.807, 2.05) is 60.7 Å². The van der Waals surface area contributed by atoms with Crippen molar-refractivity contribution >= 4 is 54.3 Å². The first-order chi connectivity index (χ1) is 27.7. The van der Waals surface area contributed by atoms with E-state index in [0.717, 1.165) is 54.6 Å². The molecule has 0 aliphatic carbocycles. The average molecular weight is 631 g/mol. The van der Waals surface area contributed by atoms with E-state index in [2.05, 4.69) is 42.5 Å². The zero-order valence-electron chi connectivity index (χ0n) is 34.1. The van der Waals surface area contributed by atoms with E-state index in [9.17, 15) is 5.48 Å². The van der Waals surface area contributed by atoms with E-state index in [0.29, 0.717) is 21.9 Å². The number of furan rings is 1. The van der Waals surface area contributed by atoms with Gasteiger partial charge in [-0.05, 0) is 89.6 Å². The average Bonchev–Trinajstić information content (AvgIpc) is 3.62. The molecule has 0 spiro atoms. The second-order valence-corrected chi connectivity index (χ2v) is 12.2. The third-order valence-electron chi connectivity index (χ3n) is 9.46. The van der Waals surface area contributed by atoms with E-state index in [1.165, 1.54) is 0 Å². The highest BCUT2D eigenvalue weighted by Gasteiger charge is 2.20. The molecule has 0 unspecified atom stereocenters. The normalized spacial score (nSPS) is 14.0. The maximum absolute atomic E-state index is 9.44. The molecule has 1 heteroatoms. The highest BCUT2D eigenvalue weighted by molar-refractivity contribution is 6.23. The molecular formula is C48H30O. The van der Waals surface area contributed by atoms with Crippen molar-refractivity contribution in [3.8, 4) is 44.5 Å². The molecule has 1 aromatic heterocycles. The fourth-order valence-electron chi connectivity index (χ4n) is 7.24. The van der Waals surface area contributed by atoms with E-state index in [1.54, 1.807) is 30.3 Å². The molecule has 49 heavy (non-hydrogen) atoms. The maximum atomic E-state index is 9.44. The van der Waals surface area contributed by atoms with Gasteiger partial charge >= 0.3 is 0 Å². The van der Waals surface area contributed by atoms with Crippen molar-refractivity contribution in [2.75, 3.05) is 0 Å². The molecule has 0 aliphatic heterocycles. The van der Waals surface area contributed by atoms with Gasteiger partial charge in [-0.15, -0.1) is 0 Å². The highest BCUT2D eigenvalue weighted by atomic mass is 16.3. The monoisotopic (exact) mass is 630 g/mol. The fourth-order valence-corrected chi connectivity index (χ4v) is 7.24. The Labute approximate surface area is 295 Å². The molecule has 0 bridgehead atoms. The van der Waals surface area contributed by atoms with Crippen LogP contribution < -0.4 is 0 Å². The van der Waals surface area contributed by atoms with Crippen molar-refractivity contribution in [1.29, 1.82) is 0 Å². The van der Waals surface area contributed by atoms with Gasteiger partial charge in [-0.25, -0.2) is 0 Å². The van der Waals surface area contributed by atoms with Crippen molar-refractivity contribution in [3.63, 3.8) is 0 Å². The largest absolute Gasteiger partial charge is 0.455 e. The van der Waals surface area contributed by atoms with Crippen LogP contribution in [0.5, 0.6) is 0 Å². The summed E-state index contributed by atoms with van der Waals surface area (Å²) in [4.78, 5) is 0. The van der Waals surface area contributed by atoms with Crippen LogP contribution in [0.2, 0.25) is 0 Å². The Morgan fingerprint density at radius 1 is 0.367 bits per heavy atom. The first-order valence-corrected chi connectivity index (χ1v) is 16.2. The number of rotatable bonds is 4. The summed E-state index contributed by atoms with van der Waals surface area (Å²) in [5, 5.41) is 7.19. The molecule has 0 amide bonds. The van der Waals surface area contributed by atoms with Crippen molar-refractivity contribution in [2.45, 2.75) is 0 Å². The van der Waals surface area contributed by atoms with Gasteiger partial charge in [0.05, 0.1) is 11.0 Å². The Hall–Kier alpha value is -6.44. The maximum Gasteiger partial charge on any atom is 0.143 e. The Morgan fingerprint density at radius 3 is 1.65 bits per heavy atom. The summed E-state index contributed by atoms with van der Waals surface area (Å²) in [5.74, 6) is 0. The molecule has 1 heterocycles. The van der Waals surface area contributed by atoms with Gasteiger partial charge in [0.2, 0.25) is 0 Å². The second-order valence-electron chi connectivity index (χ2n) is 12.2. The second kappa shape index (κ2) is 11.1. The molecule has 10 rings (SSSR count). The third-order valence-corrected chi connectivity index (χ3v) is 9.46. The van der Waals surface area contributed by atoms with Gasteiger partial charge in [0.15, 0.2) is 0 Å². The SMILES string of the molecule is [2H]c1c([2H])c([2H])c(-c2c3ccccc3c(-c3ccc4c(c3)oc3c5ccccc5ccc43)c3ccccc23)c(-c2c([2H])c([2H])c(-c3ccccc3)c([2H])c2[2H])c1[2H]. The topological polar surface area (TPSA) is 13.1 Å². The minimum atomic E-state index is -0.528. The van der Waals surface area contributed by atoms with Crippen molar-refractivity contribution < 1.29 is 15.4 Å². The van der Waals surface area contributed by atoms with Crippen LogP contribution >= 0.6 is 0 Å². The molecule has 0 radical (unpaired) electrons. The zero-order chi connectivity index (χ0) is 39.3. The smallest absolute Gasteiger partial charge is 0.143 e. The van der Waals surface area contributed by atoms with Crippen LogP contribution in [0.4, 0.5) is 0 Å². The summed E-state index contributed by atoms with van der Waals surface area (Å²) in [6, 6.07) is 39.6. The highest BCUT2D eigenvalue weighted by Crippen LogP contribution is 2.47. The van der Waals surface area contributed by atoms with Crippen LogP contribution in [0.3, 0.4) is 0 Å². The lowest BCUT2D eigenvalue weighted by molar-refractivity contribution is 0.673. The summed E-state index contributed by atoms with van der Waals surface area (Å²) in [5.41, 5.74) is 4.33. The molecule has 0 N–H and O–H groups in total. The number of fused-ring (bicyclic) bond motifs is 7. The van der Waals surface area contributed by atoms with Gasteiger partial charge < -0.3 is 4.42 Å². The predicted molar refractivity (Wildman–Crippen MR) is 208 cm³/mol. The summed E-state index contributed by atoms with van der Waals surface area (Å²) < 4.78 is 79.7. The molecule has 0 saturated carbocycles. The van der Waals surface area contributed by atoms with Crippen molar-refractivity contribution in [1.82, 2.24) is 0 Å². The van der Waals surface area contributed by atoms with Gasteiger partial charge in [0.25, 0.3) is 0 Å². The Morgan fingerprint density at radius 2 is 0.939 bits per heavy atom. The molecular weight excluding hydrogens is 593 g/mol. The zero-order valence-corrected chi connectivity index (χ0v) is 26.1. The third kappa shape index (κ3) is 4.40.